The maximum Gasteiger partial charge on any atom is 0.269 e. The van der Waals surface area contributed by atoms with Crippen molar-refractivity contribution in [3.05, 3.63) is 101 Å². The van der Waals surface area contributed by atoms with Crippen LogP contribution in [0, 0.1) is 10.1 Å². The Kier molecular flexibility index (Phi) is 4.78. The molecule has 0 bridgehead atoms. The quantitative estimate of drug-likeness (QED) is 0.476. The fourth-order valence-corrected chi connectivity index (χ4v) is 3.36. The highest BCUT2D eigenvalue weighted by atomic mass is 16.6. The highest BCUT2D eigenvalue weighted by Gasteiger charge is 2.39. The van der Waals surface area contributed by atoms with Crippen molar-refractivity contribution in [3.8, 4) is 0 Å². The van der Waals surface area contributed by atoms with Crippen LogP contribution >= 0.6 is 0 Å². The molecule has 1 heterocycles. The molecule has 0 amide bonds. The van der Waals surface area contributed by atoms with Gasteiger partial charge in [-0.3, -0.25) is 19.8 Å². The molecular formula is C22H18N4O3. The van der Waals surface area contributed by atoms with Gasteiger partial charge in [0.05, 0.1) is 10.6 Å². The van der Waals surface area contributed by atoms with Crippen LogP contribution in [-0.4, -0.2) is 16.5 Å². The zero-order valence-corrected chi connectivity index (χ0v) is 15.7. The summed E-state index contributed by atoms with van der Waals surface area (Å²) in [5.41, 5.74) is 2.41. The Morgan fingerprint density at radius 1 is 0.897 bits per heavy atom. The van der Waals surface area contributed by atoms with Crippen LogP contribution in [0.3, 0.4) is 0 Å². The Hall–Kier alpha value is -4.00. The van der Waals surface area contributed by atoms with Crippen molar-refractivity contribution in [1.82, 2.24) is 0 Å². The number of benzene rings is 3. The van der Waals surface area contributed by atoms with Gasteiger partial charge in [-0.1, -0.05) is 36.4 Å². The van der Waals surface area contributed by atoms with Crippen LogP contribution in [0.15, 0.2) is 90.0 Å². The molecule has 7 nitrogen and oxygen atoms in total. The molecule has 1 aliphatic rings. The molecule has 0 N–H and O–H groups in total. The first-order valence-corrected chi connectivity index (χ1v) is 9.09. The highest BCUT2D eigenvalue weighted by Crippen LogP contribution is 2.39. The van der Waals surface area contributed by atoms with E-state index in [9.17, 15) is 14.9 Å². The number of para-hydroxylation sites is 2. The van der Waals surface area contributed by atoms with Crippen LogP contribution in [-0.2, 0) is 4.79 Å². The lowest BCUT2D eigenvalue weighted by molar-refractivity contribution is -0.384. The molecule has 3 aromatic rings. The molecule has 0 radical (unpaired) electrons. The van der Waals surface area contributed by atoms with Gasteiger partial charge in [-0.05, 0) is 42.0 Å². The van der Waals surface area contributed by atoms with E-state index in [4.69, 9.17) is 0 Å². The largest absolute Gasteiger partial charge is 0.295 e. The van der Waals surface area contributed by atoms with Crippen molar-refractivity contribution >= 4 is 28.7 Å². The number of nitro groups is 1. The van der Waals surface area contributed by atoms with E-state index in [2.05, 4.69) is 5.10 Å². The summed E-state index contributed by atoms with van der Waals surface area (Å²) in [6.45, 7) is 1.48. The van der Waals surface area contributed by atoms with Gasteiger partial charge >= 0.3 is 0 Å². The lowest BCUT2D eigenvalue weighted by Gasteiger charge is -2.32. The number of nitrogens with zero attached hydrogens (tertiary/aromatic N) is 4. The summed E-state index contributed by atoms with van der Waals surface area (Å²) in [6, 6.07) is 25.4. The van der Waals surface area contributed by atoms with Gasteiger partial charge in [0.15, 0.2) is 17.8 Å². The van der Waals surface area contributed by atoms with E-state index in [0.29, 0.717) is 5.84 Å². The second-order valence-electron chi connectivity index (χ2n) is 6.59. The molecule has 3 aromatic carbocycles. The average Bonchev–Trinajstić information content (AvgIpc) is 3.16. The number of anilines is 2. The van der Waals surface area contributed by atoms with Crippen molar-refractivity contribution in [3.63, 3.8) is 0 Å². The Labute approximate surface area is 167 Å². The molecule has 29 heavy (non-hydrogen) atoms. The molecule has 144 valence electrons. The van der Waals surface area contributed by atoms with Crippen molar-refractivity contribution in [2.24, 2.45) is 5.10 Å². The van der Waals surface area contributed by atoms with Crippen LogP contribution in [0.5, 0.6) is 0 Å². The Balaban J connectivity index is 1.87. The number of carbonyl (C=O) groups is 1. The van der Waals surface area contributed by atoms with Gasteiger partial charge in [-0.25, -0.2) is 5.01 Å². The predicted octanol–water partition coefficient (Wildman–Crippen LogP) is 4.52. The summed E-state index contributed by atoms with van der Waals surface area (Å²) >= 11 is 0. The van der Waals surface area contributed by atoms with E-state index in [1.54, 1.807) is 17.1 Å². The minimum atomic E-state index is -0.459. The maximum atomic E-state index is 12.4. The molecule has 1 unspecified atom stereocenters. The number of hydrogen-bond donors (Lipinski definition) is 0. The van der Waals surface area contributed by atoms with Crippen molar-refractivity contribution < 1.29 is 9.72 Å². The lowest BCUT2D eigenvalue weighted by Crippen LogP contribution is -2.37. The second kappa shape index (κ2) is 7.55. The maximum absolute atomic E-state index is 12.4. The second-order valence-corrected chi connectivity index (χ2v) is 6.59. The van der Waals surface area contributed by atoms with Gasteiger partial charge in [-0.15, -0.1) is 5.10 Å². The first kappa shape index (κ1) is 18.4. The fraction of sp³-hybridized carbons (Fsp3) is 0.0909. The Bertz CT molecular complexity index is 1070. The molecule has 0 aliphatic carbocycles. The molecule has 0 spiro atoms. The van der Waals surface area contributed by atoms with Gasteiger partial charge < -0.3 is 0 Å². The van der Waals surface area contributed by atoms with Gasteiger partial charge in [0, 0.05) is 24.7 Å². The molecule has 4 rings (SSSR count). The van der Waals surface area contributed by atoms with Gasteiger partial charge in [0.2, 0.25) is 0 Å². The van der Waals surface area contributed by atoms with E-state index in [-0.39, 0.29) is 11.5 Å². The zero-order valence-electron chi connectivity index (χ0n) is 15.7. The number of hydrogen-bond acceptors (Lipinski definition) is 6. The van der Waals surface area contributed by atoms with Gasteiger partial charge in [0.1, 0.15) is 0 Å². The van der Waals surface area contributed by atoms with E-state index in [1.807, 2.05) is 65.6 Å². The Morgan fingerprint density at radius 2 is 1.45 bits per heavy atom. The van der Waals surface area contributed by atoms with E-state index in [1.165, 1.54) is 19.1 Å². The summed E-state index contributed by atoms with van der Waals surface area (Å²) in [7, 11) is 0. The summed E-state index contributed by atoms with van der Waals surface area (Å²) < 4.78 is 0. The third-order valence-electron chi connectivity index (χ3n) is 4.68. The molecule has 0 fully saturated rings. The molecular weight excluding hydrogens is 368 g/mol. The van der Waals surface area contributed by atoms with Crippen LogP contribution in [0.2, 0.25) is 0 Å². The van der Waals surface area contributed by atoms with E-state index >= 15 is 0 Å². The standard InChI is InChI=1S/C22H18N4O3/c1-16(27)21-23-25(19-10-6-3-7-11-19)22(24(21)18-8-4-2-5-9-18)17-12-14-20(15-13-17)26(28)29/h2-15,22H,1H3. The first-order valence-electron chi connectivity index (χ1n) is 9.09. The average molecular weight is 386 g/mol. The summed E-state index contributed by atoms with van der Waals surface area (Å²) in [6.07, 6.45) is -0.459. The van der Waals surface area contributed by atoms with Crippen molar-refractivity contribution in [2.75, 3.05) is 9.91 Å². The number of non-ortho nitro benzene ring substituents is 1. The fourth-order valence-electron chi connectivity index (χ4n) is 3.36. The number of nitro benzene ring substituents is 1. The van der Waals surface area contributed by atoms with Crippen molar-refractivity contribution in [1.29, 1.82) is 0 Å². The van der Waals surface area contributed by atoms with Crippen molar-refractivity contribution in [2.45, 2.75) is 13.1 Å². The van der Waals surface area contributed by atoms with Gasteiger partial charge in [0.25, 0.3) is 5.69 Å². The molecule has 7 heteroatoms. The van der Waals surface area contributed by atoms with Crippen LogP contribution in [0.1, 0.15) is 18.7 Å². The number of amidine groups is 1. The highest BCUT2D eigenvalue weighted by molar-refractivity contribution is 6.44. The smallest absolute Gasteiger partial charge is 0.269 e. The molecule has 0 saturated heterocycles. The SMILES string of the molecule is CC(=O)C1=NN(c2ccccc2)C(c2ccc([N+](=O)[O-])cc2)N1c1ccccc1. The van der Waals surface area contributed by atoms with Gasteiger partial charge in [-0.2, -0.15) is 0 Å². The monoisotopic (exact) mass is 386 g/mol. The van der Waals surface area contributed by atoms with Crippen LogP contribution in [0.4, 0.5) is 17.1 Å². The van der Waals surface area contributed by atoms with E-state index < -0.39 is 11.1 Å². The molecule has 0 aromatic heterocycles. The predicted molar refractivity (Wildman–Crippen MR) is 112 cm³/mol. The number of Topliss-reactive ketones (excluding diaryl/α,β-unsaturated/α-hetero) is 1. The number of carbonyl (C=O) groups excluding carboxylic acids is 1. The van der Waals surface area contributed by atoms with Crippen LogP contribution in [0.25, 0.3) is 0 Å². The number of rotatable bonds is 5. The van der Waals surface area contributed by atoms with E-state index in [0.717, 1.165) is 16.9 Å². The number of ketones is 1. The third kappa shape index (κ3) is 3.45. The zero-order chi connectivity index (χ0) is 20.4. The first-order chi connectivity index (χ1) is 14.1. The molecule has 1 atom stereocenters. The third-order valence-corrected chi connectivity index (χ3v) is 4.68. The number of hydrazone groups is 1. The normalized spacial score (nSPS) is 15.9. The molecule has 0 saturated carbocycles. The minimum absolute atomic E-state index is 0.0111. The Morgan fingerprint density at radius 3 is 1.97 bits per heavy atom. The summed E-state index contributed by atoms with van der Waals surface area (Å²) in [4.78, 5) is 24.9. The topological polar surface area (TPSA) is 79.0 Å². The van der Waals surface area contributed by atoms with Crippen LogP contribution < -0.4 is 9.91 Å². The minimum Gasteiger partial charge on any atom is -0.295 e. The lowest BCUT2D eigenvalue weighted by atomic mass is 10.1. The molecule has 1 aliphatic heterocycles. The summed E-state index contributed by atoms with van der Waals surface area (Å²) in [5.74, 6) is 0.141. The summed E-state index contributed by atoms with van der Waals surface area (Å²) in [5, 5.41) is 17.5.